The molecule has 4 aromatic carbocycles. The molecule has 4 aromatic rings. The highest BCUT2D eigenvalue weighted by molar-refractivity contribution is 6.32. The van der Waals surface area contributed by atoms with Crippen molar-refractivity contribution in [3.05, 3.63) is 135 Å². The van der Waals surface area contributed by atoms with Crippen LogP contribution in [0.2, 0.25) is 5.02 Å². The van der Waals surface area contributed by atoms with Gasteiger partial charge in [-0.25, -0.2) is 0 Å². The largest absolute Gasteiger partial charge is 0.497 e. The molecule has 1 saturated heterocycles. The summed E-state index contributed by atoms with van der Waals surface area (Å²) in [4.78, 5) is 46.0. The molecule has 6 heteroatoms. The van der Waals surface area contributed by atoms with Gasteiger partial charge in [-0.3, -0.25) is 14.4 Å². The van der Waals surface area contributed by atoms with E-state index >= 15 is 0 Å². The van der Waals surface area contributed by atoms with Gasteiger partial charge in [-0.2, -0.15) is 0 Å². The average molecular weight is 560 g/mol. The number of fused-ring (bicyclic) bond motifs is 5. The highest BCUT2D eigenvalue weighted by Crippen LogP contribution is 2.61. The molecule has 0 radical (unpaired) electrons. The summed E-state index contributed by atoms with van der Waals surface area (Å²) < 4.78 is 5.41. The maximum absolute atomic E-state index is 14.7. The van der Waals surface area contributed by atoms with Gasteiger partial charge in [-0.15, -0.1) is 0 Å². The summed E-state index contributed by atoms with van der Waals surface area (Å²) in [6, 6.07) is 25.8. The van der Waals surface area contributed by atoms with E-state index in [2.05, 4.69) is 0 Å². The number of anilines is 1. The van der Waals surface area contributed by atoms with Crippen LogP contribution in [-0.4, -0.2) is 36.5 Å². The second-order valence-corrected chi connectivity index (χ2v) is 11.3. The molecule has 0 amide bonds. The molecule has 2 aliphatic heterocycles. The van der Waals surface area contributed by atoms with Crippen molar-refractivity contribution in [2.45, 2.75) is 24.9 Å². The van der Waals surface area contributed by atoms with Gasteiger partial charge in [0.25, 0.3) is 0 Å². The van der Waals surface area contributed by atoms with Crippen LogP contribution >= 0.6 is 11.6 Å². The van der Waals surface area contributed by atoms with Crippen molar-refractivity contribution in [3.8, 4) is 5.75 Å². The summed E-state index contributed by atoms with van der Waals surface area (Å²) in [6.45, 7) is 1.97. The predicted octanol–water partition coefficient (Wildman–Crippen LogP) is 6.97. The minimum Gasteiger partial charge on any atom is -0.497 e. The smallest absolute Gasteiger partial charge is 0.185 e. The van der Waals surface area contributed by atoms with Crippen molar-refractivity contribution in [2.24, 2.45) is 5.41 Å². The quantitative estimate of drug-likeness (QED) is 0.199. The molecule has 202 valence electrons. The summed E-state index contributed by atoms with van der Waals surface area (Å²) in [6.07, 6.45) is 3.82. The number of ether oxygens (including phenoxy) is 1. The maximum Gasteiger partial charge on any atom is 0.185 e. The fourth-order valence-electron chi connectivity index (χ4n) is 7.02. The number of rotatable bonds is 4. The Labute approximate surface area is 243 Å². The monoisotopic (exact) mass is 559 g/mol. The standard InChI is InChI=1S/C35H26ClNO4/c1-20-7-9-22(10-8-20)32(38)31-30(21-11-15-25(41-2)16-12-21)35(33(39)26-5-3-4-6-27(26)34(35)40)29-18-13-23-19-24(36)14-17-28(23)37(29)31/h3-19,29-31H,1-2H3/t29-,30-,31+/m1/s1. The number of ketones is 3. The number of methoxy groups -OCH3 is 1. The van der Waals surface area contributed by atoms with Crippen LogP contribution in [-0.2, 0) is 0 Å². The van der Waals surface area contributed by atoms with Crippen LogP contribution in [0.4, 0.5) is 5.69 Å². The summed E-state index contributed by atoms with van der Waals surface area (Å²) in [5.74, 6) is -0.788. The Morgan fingerprint density at radius 1 is 0.878 bits per heavy atom. The van der Waals surface area contributed by atoms with Gasteiger partial charge in [0, 0.05) is 33.3 Å². The average Bonchev–Trinajstić information content (AvgIpc) is 3.43. The summed E-state index contributed by atoms with van der Waals surface area (Å²) >= 11 is 6.37. The fourth-order valence-corrected chi connectivity index (χ4v) is 7.20. The molecule has 0 unspecified atom stereocenters. The van der Waals surface area contributed by atoms with Crippen LogP contribution in [0.15, 0.2) is 97.1 Å². The second-order valence-electron chi connectivity index (χ2n) is 10.9. The van der Waals surface area contributed by atoms with Gasteiger partial charge in [-0.1, -0.05) is 90.0 Å². The first kappa shape index (κ1) is 25.5. The number of benzene rings is 4. The van der Waals surface area contributed by atoms with E-state index in [0.717, 1.165) is 22.4 Å². The van der Waals surface area contributed by atoms with Crippen LogP contribution in [0.5, 0.6) is 5.75 Å². The van der Waals surface area contributed by atoms with Crippen LogP contribution in [0.1, 0.15) is 53.7 Å². The summed E-state index contributed by atoms with van der Waals surface area (Å²) in [5, 5.41) is 0.564. The van der Waals surface area contributed by atoms with Crippen LogP contribution in [0.3, 0.4) is 0 Å². The van der Waals surface area contributed by atoms with Gasteiger partial charge in [0.15, 0.2) is 17.3 Å². The highest BCUT2D eigenvalue weighted by atomic mass is 35.5. The predicted molar refractivity (Wildman–Crippen MR) is 159 cm³/mol. The van der Waals surface area contributed by atoms with Gasteiger partial charge < -0.3 is 9.64 Å². The number of aryl methyl sites for hydroxylation is 1. The molecule has 0 aromatic heterocycles. The van der Waals surface area contributed by atoms with Crippen molar-refractivity contribution in [3.63, 3.8) is 0 Å². The molecular formula is C35H26ClNO4. The lowest BCUT2D eigenvalue weighted by molar-refractivity contribution is 0.0666. The molecular weight excluding hydrogens is 534 g/mol. The van der Waals surface area contributed by atoms with E-state index in [1.165, 1.54) is 0 Å². The Kier molecular flexibility index (Phi) is 5.77. The number of hydrogen-bond donors (Lipinski definition) is 0. The van der Waals surface area contributed by atoms with E-state index in [9.17, 15) is 14.4 Å². The van der Waals surface area contributed by atoms with Gasteiger partial charge >= 0.3 is 0 Å². The van der Waals surface area contributed by atoms with Crippen molar-refractivity contribution >= 4 is 40.7 Å². The molecule has 0 saturated carbocycles. The topological polar surface area (TPSA) is 63.7 Å². The molecule has 1 spiro atoms. The molecule has 2 heterocycles. The number of carbonyl (C=O) groups excluding carboxylic acids is 3. The van der Waals surface area contributed by atoms with Gasteiger partial charge in [-0.05, 0) is 48.4 Å². The number of Topliss-reactive ketones (excluding diaryl/α,β-unsaturated/α-hetero) is 3. The van der Waals surface area contributed by atoms with Crippen molar-refractivity contribution in [1.29, 1.82) is 0 Å². The van der Waals surface area contributed by atoms with E-state index in [0.29, 0.717) is 27.5 Å². The van der Waals surface area contributed by atoms with Gasteiger partial charge in [0.05, 0.1) is 13.2 Å². The normalized spacial score (nSPS) is 21.5. The number of carbonyl (C=O) groups is 3. The van der Waals surface area contributed by atoms with E-state index in [4.69, 9.17) is 16.3 Å². The third kappa shape index (κ3) is 3.52. The SMILES string of the molecule is COc1ccc([C@@H]2[C@@H](C(=O)c3ccc(C)cc3)N3c4ccc(Cl)cc4C=C[C@@H]3C23C(=O)c2ccccc2C3=O)cc1. The Bertz CT molecular complexity index is 1740. The van der Waals surface area contributed by atoms with Crippen LogP contribution in [0, 0.1) is 12.3 Å². The molecule has 7 rings (SSSR count). The first-order chi connectivity index (χ1) is 19.9. The Balaban J connectivity index is 1.54. The van der Waals surface area contributed by atoms with E-state index in [1.54, 1.807) is 37.4 Å². The van der Waals surface area contributed by atoms with E-state index in [1.807, 2.05) is 84.6 Å². The minimum absolute atomic E-state index is 0.152. The first-order valence-electron chi connectivity index (χ1n) is 13.6. The van der Waals surface area contributed by atoms with Crippen LogP contribution in [0.25, 0.3) is 6.08 Å². The van der Waals surface area contributed by atoms with Gasteiger partial charge in [0.1, 0.15) is 17.2 Å². The third-order valence-corrected chi connectivity index (χ3v) is 9.08. The molecule has 3 atom stereocenters. The molecule has 1 aliphatic carbocycles. The number of hydrogen-bond acceptors (Lipinski definition) is 5. The zero-order chi connectivity index (χ0) is 28.5. The minimum atomic E-state index is -1.54. The molecule has 0 bridgehead atoms. The van der Waals surface area contributed by atoms with Crippen molar-refractivity contribution < 1.29 is 19.1 Å². The fraction of sp³-hybridized carbons (Fsp3) is 0.171. The molecule has 5 nitrogen and oxygen atoms in total. The Morgan fingerprint density at radius 2 is 1.54 bits per heavy atom. The molecule has 1 fully saturated rings. The molecule has 41 heavy (non-hydrogen) atoms. The number of nitrogens with zero attached hydrogens (tertiary/aromatic N) is 1. The van der Waals surface area contributed by atoms with Crippen LogP contribution < -0.4 is 9.64 Å². The lowest BCUT2D eigenvalue weighted by atomic mass is 9.64. The van der Waals surface area contributed by atoms with Crippen molar-refractivity contribution in [2.75, 3.05) is 12.0 Å². The lowest BCUT2D eigenvalue weighted by Crippen LogP contribution is -2.48. The first-order valence-corrected chi connectivity index (χ1v) is 13.9. The third-order valence-electron chi connectivity index (χ3n) is 8.85. The van der Waals surface area contributed by atoms with E-state index < -0.39 is 23.4 Å². The summed E-state index contributed by atoms with van der Waals surface area (Å²) in [7, 11) is 1.59. The number of halogens is 1. The second kappa shape index (κ2) is 9.28. The Hall–Kier alpha value is -4.48. The maximum atomic E-state index is 14.7. The zero-order valence-corrected chi connectivity index (χ0v) is 23.3. The summed E-state index contributed by atoms with van der Waals surface area (Å²) in [5.41, 5.74) is 3.13. The van der Waals surface area contributed by atoms with Crippen molar-refractivity contribution in [1.82, 2.24) is 0 Å². The zero-order valence-electron chi connectivity index (χ0n) is 22.5. The molecule has 0 N–H and O–H groups in total. The highest BCUT2D eigenvalue weighted by Gasteiger charge is 2.71. The Morgan fingerprint density at radius 3 is 2.17 bits per heavy atom. The molecule has 3 aliphatic rings. The van der Waals surface area contributed by atoms with E-state index in [-0.39, 0.29) is 17.3 Å². The lowest BCUT2D eigenvalue weighted by Gasteiger charge is -2.37. The van der Waals surface area contributed by atoms with Gasteiger partial charge in [0.2, 0.25) is 0 Å².